The van der Waals surface area contributed by atoms with Crippen molar-refractivity contribution in [2.75, 3.05) is 66.1 Å². The number of carbonyl (C=O) groups excluding carboxylic acids is 4. The van der Waals surface area contributed by atoms with Crippen LogP contribution in [0.3, 0.4) is 0 Å². The average Bonchev–Trinajstić information content (AvgIpc) is 3.58. The number of aldehydes is 1. The summed E-state index contributed by atoms with van der Waals surface area (Å²) in [7, 11) is 1.40. The summed E-state index contributed by atoms with van der Waals surface area (Å²) in [4.78, 5) is 69.5. The monoisotopic (exact) mass is 643 g/mol. The van der Waals surface area contributed by atoms with E-state index >= 15 is 0 Å². The third kappa shape index (κ3) is 6.41. The molecular weight excluding hydrogens is 606 g/mol. The normalized spacial score (nSPS) is 18.5. The van der Waals surface area contributed by atoms with E-state index < -0.39 is 22.6 Å². The highest BCUT2D eigenvalue weighted by Crippen LogP contribution is 2.36. The minimum Gasteiger partial charge on any atom is -0.493 e. The molecule has 3 aliphatic rings. The molecule has 3 amide bonds. The zero-order chi connectivity index (χ0) is 33.1. The Hall–Kier alpha value is -4.88. The fourth-order valence-electron chi connectivity index (χ4n) is 6.72. The summed E-state index contributed by atoms with van der Waals surface area (Å²) in [5.41, 5.74) is 0.599. The van der Waals surface area contributed by atoms with E-state index in [-0.39, 0.29) is 35.5 Å². The maximum absolute atomic E-state index is 13.2. The molecule has 0 unspecified atom stereocenters. The van der Waals surface area contributed by atoms with E-state index in [0.717, 1.165) is 43.5 Å². The van der Waals surface area contributed by atoms with Crippen LogP contribution in [0.4, 0.5) is 5.69 Å². The number of carbonyl (C=O) groups is 4. The van der Waals surface area contributed by atoms with E-state index in [9.17, 15) is 29.3 Å². The number of benzene rings is 3. The van der Waals surface area contributed by atoms with Crippen molar-refractivity contribution in [3.05, 3.63) is 75.3 Å². The number of hydrogen-bond donors (Lipinski definition) is 0. The highest BCUT2D eigenvalue weighted by atomic mass is 16.6. The minimum atomic E-state index is -0.624. The van der Waals surface area contributed by atoms with Crippen LogP contribution in [0.15, 0.2) is 48.5 Å². The molecule has 2 saturated heterocycles. The van der Waals surface area contributed by atoms with Gasteiger partial charge in [0.25, 0.3) is 23.4 Å². The quantitative estimate of drug-likeness (QED) is 0.0949. The summed E-state index contributed by atoms with van der Waals surface area (Å²) in [6.07, 6.45) is 2.55. The number of methoxy groups -OCH3 is 1. The third-order valence-corrected chi connectivity index (χ3v) is 9.26. The van der Waals surface area contributed by atoms with Gasteiger partial charge in [0.1, 0.15) is 11.8 Å². The molecule has 6 rings (SSSR count). The predicted octanol–water partition coefficient (Wildman–Crippen LogP) is 3.24. The van der Waals surface area contributed by atoms with Crippen molar-refractivity contribution in [3.63, 3.8) is 0 Å². The van der Waals surface area contributed by atoms with Crippen LogP contribution in [0, 0.1) is 10.1 Å². The minimum absolute atomic E-state index is 0.137. The molecule has 246 valence electrons. The highest BCUT2D eigenvalue weighted by molar-refractivity contribution is 6.25. The Morgan fingerprint density at radius 1 is 0.936 bits per heavy atom. The molecule has 0 radical (unpaired) electrons. The predicted molar refractivity (Wildman–Crippen MR) is 172 cm³/mol. The van der Waals surface area contributed by atoms with Crippen LogP contribution < -0.4 is 9.47 Å². The van der Waals surface area contributed by atoms with Crippen molar-refractivity contribution in [2.24, 2.45) is 0 Å². The van der Waals surface area contributed by atoms with Gasteiger partial charge in [0.2, 0.25) is 0 Å². The summed E-state index contributed by atoms with van der Waals surface area (Å²) in [5.74, 6) is -0.694. The molecule has 3 aromatic rings. The van der Waals surface area contributed by atoms with Crippen molar-refractivity contribution in [3.8, 4) is 11.5 Å². The lowest BCUT2D eigenvalue weighted by atomic mass is 9.94. The number of likely N-dealkylation sites (tertiary alicyclic amines) is 1. The number of piperazine rings is 1. The number of ether oxygens (including phenoxy) is 2. The Bertz CT molecular complexity index is 1670. The van der Waals surface area contributed by atoms with E-state index in [1.54, 1.807) is 12.1 Å². The van der Waals surface area contributed by atoms with Crippen molar-refractivity contribution < 1.29 is 33.6 Å². The molecule has 3 aliphatic heterocycles. The van der Waals surface area contributed by atoms with Gasteiger partial charge in [-0.05, 0) is 36.8 Å². The smallest absolute Gasteiger partial charge is 0.286 e. The first-order valence-electron chi connectivity index (χ1n) is 15.9. The molecule has 0 N–H and O–H groups in total. The van der Waals surface area contributed by atoms with Gasteiger partial charge in [-0.1, -0.05) is 24.3 Å². The van der Waals surface area contributed by atoms with Gasteiger partial charge in [-0.2, -0.15) is 0 Å². The van der Waals surface area contributed by atoms with Crippen LogP contribution in [-0.2, 0) is 4.79 Å². The lowest BCUT2D eigenvalue weighted by Gasteiger charge is -2.36. The molecular formula is C34H37N5O8. The SMILES string of the molecule is COc1cc(C(=O)N2CCC[C@H]2C=O)c([N+](=O)[O-])cc1OCCCN1CCN(CCN2C(=O)c3cccc4cccc(c34)C2=O)CC1. The zero-order valence-electron chi connectivity index (χ0n) is 26.3. The largest absolute Gasteiger partial charge is 0.493 e. The molecule has 0 aliphatic carbocycles. The van der Waals surface area contributed by atoms with Crippen LogP contribution in [0.2, 0.25) is 0 Å². The average molecular weight is 644 g/mol. The fourth-order valence-corrected chi connectivity index (χ4v) is 6.72. The lowest BCUT2D eigenvalue weighted by molar-refractivity contribution is -0.385. The number of rotatable bonds is 12. The summed E-state index contributed by atoms with van der Waals surface area (Å²) in [6.45, 7) is 5.53. The van der Waals surface area contributed by atoms with E-state index in [0.29, 0.717) is 56.3 Å². The van der Waals surface area contributed by atoms with Gasteiger partial charge >= 0.3 is 0 Å². The number of nitro groups is 1. The lowest BCUT2D eigenvalue weighted by Crippen LogP contribution is -2.50. The van der Waals surface area contributed by atoms with E-state index in [4.69, 9.17) is 9.47 Å². The fraction of sp³-hybridized carbons (Fsp3) is 0.412. The second-order valence-corrected chi connectivity index (χ2v) is 12.0. The number of amides is 3. The van der Waals surface area contributed by atoms with Gasteiger partial charge in [-0.3, -0.25) is 34.3 Å². The molecule has 0 aromatic heterocycles. The first kappa shape index (κ1) is 32.1. The highest BCUT2D eigenvalue weighted by Gasteiger charge is 2.35. The first-order valence-corrected chi connectivity index (χ1v) is 15.9. The van der Waals surface area contributed by atoms with Gasteiger partial charge in [-0.25, -0.2) is 0 Å². The molecule has 47 heavy (non-hydrogen) atoms. The molecule has 2 fully saturated rings. The Kier molecular flexibility index (Phi) is 9.45. The molecule has 3 heterocycles. The van der Waals surface area contributed by atoms with Crippen LogP contribution >= 0.6 is 0 Å². The van der Waals surface area contributed by atoms with Crippen molar-refractivity contribution >= 4 is 40.5 Å². The molecule has 1 atom stereocenters. The zero-order valence-corrected chi connectivity index (χ0v) is 26.3. The number of hydrogen-bond acceptors (Lipinski definition) is 10. The molecule has 13 heteroatoms. The van der Waals surface area contributed by atoms with Crippen molar-refractivity contribution in [2.45, 2.75) is 25.3 Å². The van der Waals surface area contributed by atoms with Gasteiger partial charge in [0.05, 0.1) is 30.7 Å². The summed E-state index contributed by atoms with van der Waals surface area (Å²) < 4.78 is 11.3. The maximum atomic E-state index is 13.2. The van der Waals surface area contributed by atoms with E-state index in [1.807, 2.05) is 24.3 Å². The van der Waals surface area contributed by atoms with Crippen molar-refractivity contribution in [1.29, 1.82) is 0 Å². The van der Waals surface area contributed by atoms with E-state index in [2.05, 4.69) is 9.80 Å². The summed E-state index contributed by atoms with van der Waals surface area (Å²) in [6, 6.07) is 13.0. The Morgan fingerprint density at radius 3 is 2.21 bits per heavy atom. The third-order valence-electron chi connectivity index (χ3n) is 9.26. The second kappa shape index (κ2) is 13.9. The molecule has 13 nitrogen and oxygen atoms in total. The van der Waals surface area contributed by atoms with Gasteiger partial charge < -0.3 is 24.1 Å². The van der Waals surface area contributed by atoms with Crippen LogP contribution in [-0.4, -0.2) is 121 Å². The standard InChI is InChI=1S/C34H37N5O8/c1-46-29-20-27(34(43)37-12-4-8-24(37)22-40)28(39(44)45)21-30(29)47-19-5-11-35-13-15-36(16-14-35)17-18-38-32(41)25-9-2-6-23-7-3-10-26(31(23)25)33(38)42/h2-3,6-7,9-10,20-22,24H,4-5,8,11-19H2,1H3/t24-/m0/s1. The summed E-state index contributed by atoms with van der Waals surface area (Å²) in [5, 5.41) is 13.5. The van der Waals surface area contributed by atoms with Gasteiger partial charge in [0, 0.05) is 74.9 Å². The summed E-state index contributed by atoms with van der Waals surface area (Å²) >= 11 is 0. The number of nitro benzene ring substituents is 1. The van der Waals surface area contributed by atoms with E-state index in [1.165, 1.54) is 29.0 Å². The topological polar surface area (TPSA) is 143 Å². The van der Waals surface area contributed by atoms with Crippen molar-refractivity contribution in [1.82, 2.24) is 19.6 Å². The van der Waals surface area contributed by atoms with Crippen LogP contribution in [0.25, 0.3) is 10.8 Å². The van der Waals surface area contributed by atoms with Gasteiger partial charge in [0.15, 0.2) is 11.5 Å². The molecule has 0 spiro atoms. The second-order valence-electron chi connectivity index (χ2n) is 12.0. The Balaban J connectivity index is 0.981. The number of nitrogens with zero attached hydrogens (tertiary/aromatic N) is 5. The van der Waals surface area contributed by atoms with Crippen LogP contribution in [0.5, 0.6) is 11.5 Å². The van der Waals surface area contributed by atoms with Crippen LogP contribution in [0.1, 0.15) is 50.3 Å². The number of imide groups is 1. The molecule has 0 bridgehead atoms. The van der Waals surface area contributed by atoms with Gasteiger partial charge in [-0.15, -0.1) is 0 Å². The maximum Gasteiger partial charge on any atom is 0.286 e. The Labute approximate surface area is 271 Å². The first-order chi connectivity index (χ1) is 22.8. The molecule has 0 saturated carbocycles. The molecule has 3 aromatic carbocycles. The Morgan fingerprint density at radius 2 is 1.60 bits per heavy atom.